The summed E-state index contributed by atoms with van der Waals surface area (Å²) in [6, 6.07) is 0. The van der Waals surface area contributed by atoms with Gasteiger partial charge in [-0.2, -0.15) is 4.39 Å². The molecule has 0 aliphatic rings. The SMILES string of the molecule is CCSC(C(OC(C)=O)C(OC(C)=O)C(COC(C)=O)OC(C)=O)n1cc(F)c(=O)[nH]c1=O. The first-order chi connectivity index (χ1) is 15.4. The van der Waals surface area contributed by atoms with Crippen molar-refractivity contribution in [2.75, 3.05) is 12.4 Å². The molecule has 0 bridgehead atoms. The van der Waals surface area contributed by atoms with Crippen molar-refractivity contribution in [3.63, 3.8) is 0 Å². The van der Waals surface area contributed by atoms with Gasteiger partial charge in [-0.3, -0.25) is 33.5 Å². The van der Waals surface area contributed by atoms with E-state index in [2.05, 4.69) is 0 Å². The fraction of sp³-hybridized carbons (Fsp3) is 0.579. The monoisotopic (exact) mass is 492 g/mol. The lowest BCUT2D eigenvalue weighted by molar-refractivity contribution is -0.190. The number of H-pyrrole nitrogens is 1. The number of hydrogen-bond donors (Lipinski definition) is 1. The zero-order valence-electron chi connectivity index (χ0n) is 18.6. The van der Waals surface area contributed by atoms with Crippen LogP contribution in [0, 0.1) is 5.82 Å². The van der Waals surface area contributed by atoms with Gasteiger partial charge in [-0.05, 0) is 5.75 Å². The first-order valence-electron chi connectivity index (χ1n) is 9.64. The van der Waals surface area contributed by atoms with Crippen LogP contribution in [0.3, 0.4) is 0 Å². The van der Waals surface area contributed by atoms with Gasteiger partial charge in [0, 0.05) is 27.7 Å². The van der Waals surface area contributed by atoms with Crippen LogP contribution in [0.5, 0.6) is 0 Å². The van der Waals surface area contributed by atoms with Crippen molar-refractivity contribution in [1.82, 2.24) is 9.55 Å². The number of hydrogen-bond acceptors (Lipinski definition) is 11. The molecule has 0 saturated carbocycles. The molecule has 184 valence electrons. The van der Waals surface area contributed by atoms with E-state index in [1.165, 1.54) is 0 Å². The minimum atomic E-state index is -1.58. The molecule has 33 heavy (non-hydrogen) atoms. The number of nitrogens with one attached hydrogen (secondary N) is 1. The Morgan fingerprint density at radius 3 is 2.00 bits per heavy atom. The minimum Gasteiger partial charge on any atom is -0.462 e. The smallest absolute Gasteiger partial charge is 0.329 e. The molecule has 1 heterocycles. The maximum Gasteiger partial charge on any atom is 0.329 e. The summed E-state index contributed by atoms with van der Waals surface area (Å²) in [6.07, 6.45) is -3.97. The van der Waals surface area contributed by atoms with Crippen molar-refractivity contribution >= 4 is 35.6 Å². The molecule has 4 atom stereocenters. The number of halogens is 1. The van der Waals surface area contributed by atoms with E-state index < -0.39 is 71.2 Å². The minimum absolute atomic E-state index is 0.296. The quantitative estimate of drug-likeness (QED) is 0.334. The normalized spacial score (nSPS) is 14.4. The van der Waals surface area contributed by atoms with E-state index in [1.807, 2.05) is 0 Å². The third-order valence-electron chi connectivity index (χ3n) is 3.88. The molecule has 0 amide bonds. The third-order valence-corrected chi connectivity index (χ3v) is 5.05. The summed E-state index contributed by atoms with van der Waals surface area (Å²) in [4.78, 5) is 72.5. The number of esters is 4. The second kappa shape index (κ2) is 12.8. The predicted octanol–water partition coefficient (Wildman–Crippen LogP) is 0.286. The van der Waals surface area contributed by atoms with Crippen LogP contribution in [0.15, 0.2) is 15.8 Å². The second-order valence-corrected chi connectivity index (χ2v) is 7.98. The van der Waals surface area contributed by atoms with Crippen LogP contribution in [-0.2, 0) is 38.1 Å². The highest BCUT2D eigenvalue weighted by molar-refractivity contribution is 7.99. The molecule has 0 radical (unpaired) electrons. The number of nitrogens with zero attached hydrogens (tertiary/aromatic N) is 1. The lowest BCUT2D eigenvalue weighted by atomic mass is 10.1. The molecule has 0 fully saturated rings. The van der Waals surface area contributed by atoms with Gasteiger partial charge in [-0.15, -0.1) is 11.8 Å². The number of rotatable bonds is 11. The summed E-state index contributed by atoms with van der Waals surface area (Å²) >= 11 is 0.982. The van der Waals surface area contributed by atoms with Crippen LogP contribution < -0.4 is 11.2 Å². The molecular formula is C19H25FN2O10S. The van der Waals surface area contributed by atoms with E-state index >= 15 is 0 Å². The maximum absolute atomic E-state index is 14.0. The van der Waals surface area contributed by atoms with E-state index in [-0.39, 0.29) is 0 Å². The maximum atomic E-state index is 14.0. The summed E-state index contributed by atoms with van der Waals surface area (Å²) in [5.41, 5.74) is -2.29. The van der Waals surface area contributed by atoms with Crippen LogP contribution in [0.4, 0.5) is 4.39 Å². The van der Waals surface area contributed by atoms with Gasteiger partial charge in [0.1, 0.15) is 12.0 Å². The van der Waals surface area contributed by atoms with E-state index in [0.29, 0.717) is 11.9 Å². The Labute approximate surface area is 191 Å². The predicted molar refractivity (Wildman–Crippen MR) is 112 cm³/mol. The Morgan fingerprint density at radius 1 is 0.970 bits per heavy atom. The summed E-state index contributed by atoms with van der Waals surface area (Å²) in [5.74, 6) is -4.32. The first-order valence-corrected chi connectivity index (χ1v) is 10.7. The van der Waals surface area contributed by atoms with Crippen LogP contribution in [0.1, 0.15) is 40.0 Å². The van der Waals surface area contributed by atoms with E-state index in [9.17, 15) is 33.2 Å². The summed E-state index contributed by atoms with van der Waals surface area (Å²) in [7, 11) is 0. The Morgan fingerprint density at radius 2 is 1.52 bits per heavy atom. The van der Waals surface area contributed by atoms with Gasteiger partial charge in [-0.25, -0.2) is 4.79 Å². The van der Waals surface area contributed by atoms with Gasteiger partial charge in [0.05, 0.1) is 6.20 Å². The summed E-state index contributed by atoms with van der Waals surface area (Å²) in [6.45, 7) is 5.30. The van der Waals surface area contributed by atoms with Gasteiger partial charge >= 0.3 is 29.6 Å². The first kappa shape index (κ1) is 27.9. The number of carbonyl (C=O) groups is 4. The number of ether oxygens (including phenoxy) is 4. The molecule has 4 unspecified atom stereocenters. The fourth-order valence-electron chi connectivity index (χ4n) is 2.79. The van der Waals surface area contributed by atoms with Crippen LogP contribution >= 0.6 is 11.8 Å². The molecular weight excluding hydrogens is 467 g/mol. The number of aromatic nitrogens is 2. The highest BCUT2D eigenvalue weighted by atomic mass is 32.2. The Hall–Kier alpha value is -3.16. The van der Waals surface area contributed by atoms with E-state index in [0.717, 1.165) is 44.0 Å². The lowest BCUT2D eigenvalue weighted by Gasteiger charge is -2.36. The molecule has 0 saturated heterocycles. The van der Waals surface area contributed by atoms with Crippen molar-refractivity contribution in [3.05, 3.63) is 32.9 Å². The van der Waals surface area contributed by atoms with Crippen molar-refractivity contribution < 1.29 is 42.5 Å². The second-order valence-electron chi connectivity index (χ2n) is 6.59. The van der Waals surface area contributed by atoms with Crippen LogP contribution in [0.2, 0.25) is 0 Å². The summed E-state index contributed by atoms with van der Waals surface area (Å²) < 4.78 is 35.4. The number of aromatic amines is 1. The Bertz CT molecular complexity index is 992. The molecule has 1 aromatic heterocycles. The molecule has 1 rings (SSSR count). The van der Waals surface area contributed by atoms with Gasteiger partial charge in [0.2, 0.25) is 5.82 Å². The molecule has 1 N–H and O–H groups in total. The standard InChI is InChI=1S/C19H25FN2O10S/c1-6-33-18(22-7-13(20)17(27)21-19(22)28)16(32-12(5)26)15(31-11(4)25)14(30-10(3)24)8-29-9(2)23/h7,14-16,18H,6,8H2,1-5H3,(H,21,27,28). The zero-order valence-corrected chi connectivity index (χ0v) is 19.4. The highest BCUT2D eigenvalue weighted by Crippen LogP contribution is 2.32. The number of carbonyl (C=O) groups excluding carboxylic acids is 4. The van der Waals surface area contributed by atoms with Gasteiger partial charge in [-0.1, -0.05) is 6.92 Å². The average molecular weight is 492 g/mol. The zero-order chi connectivity index (χ0) is 25.3. The highest BCUT2D eigenvalue weighted by Gasteiger charge is 2.43. The lowest BCUT2D eigenvalue weighted by Crippen LogP contribution is -2.51. The van der Waals surface area contributed by atoms with Crippen molar-refractivity contribution in [3.8, 4) is 0 Å². The number of thioether (sulfide) groups is 1. The largest absolute Gasteiger partial charge is 0.462 e. The molecule has 0 spiro atoms. The van der Waals surface area contributed by atoms with Gasteiger partial charge in [0.15, 0.2) is 18.3 Å². The molecule has 1 aromatic rings. The average Bonchev–Trinajstić information content (AvgIpc) is 2.68. The fourth-order valence-corrected chi connectivity index (χ4v) is 3.85. The third kappa shape index (κ3) is 8.71. The molecule has 14 heteroatoms. The molecule has 12 nitrogen and oxygen atoms in total. The van der Waals surface area contributed by atoms with Crippen molar-refractivity contribution in [2.45, 2.75) is 58.3 Å². The molecule has 0 aliphatic carbocycles. The summed E-state index contributed by atoms with van der Waals surface area (Å²) in [5, 5.41) is -1.25. The Kier molecular flexibility index (Phi) is 10.8. The van der Waals surface area contributed by atoms with E-state index in [4.69, 9.17) is 18.9 Å². The molecule has 0 aromatic carbocycles. The molecule has 0 aliphatic heterocycles. The van der Waals surface area contributed by atoms with Crippen LogP contribution in [-0.4, -0.2) is 64.1 Å². The Balaban J connectivity index is 3.69. The van der Waals surface area contributed by atoms with Crippen molar-refractivity contribution in [1.29, 1.82) is 0 Å². The van der Waals surface area contributed by atoms with Gasteiger partial charge in [0.25, 0.3) is 5.56 Å². The van der Waals surface area contributed by atoms with Gasteiger partial charge < -0.3 is 18.9 Å². The topological polar surface area (TPSA) is 160 Å². The van der Waals surface area contributed by atoms with Crippen LogP contribution in [0.25, 0.3) is 0 Å². The van der Waals surface area contributed by atoms with E-state index in [1.54, 1.807) is 11.9 Å². The van der Waals surface area contributed by atoms with Crippen molar-refractivity contribution in [2.24, 2.45) is 0 Å².